The van der Waals surface area contributed by atoms with Gasteiger partial charge in [0, 0.05) is 11.3 Å². The van der Waals surface area contributed by atoms with Crippen molar-refractivity contribution in [3.8, 4) is 11.8 Å². The summed E-state index contributed by atoms with van der Waals surface area (Å²) in [5.74, 6) is 0.167. The molecule has 1 unspecified atom stereocenters. The molecule has 0 bridgehead atoms. The molecule has 1 aliphatic rings. The summed E-state index contributed by atoms with van der Waals surface area (Å²) in [6, 6.07) is 10.3. The Morgan fingerprint density at radius 2 is 1.83 bits per heavy atom. The van der Waals surface area contributed by atoms with Crippen LogP contribution in [-0.4, -0.2) is 44.0 Å². The van der Waals surface area contributed by atoms with E-state index < -0.39 is 40.7 Å². The number of nitrogens with zero attached hydrogens (tertiary/aromatic N) is 1. The van der Waals surface area contributed by atoms with Gasteiger partial charge in [0.25, 0.3) is 0 Å². The van der Waals surface area contributed by atoms with Gasteiger partial charge in [-0.2, -0.15) is 31.1 Å². The third-order valence-corrected chi connectivity index (χ3v) is 6.58. The van der Waals surface area contributed by atoms with Crippen LogP contribution in [0.25, 0.3) is 0 Å². The number of halogens is 3. The van der Waals surface area contributed by atoms with Gasteiger partial charge in [0.1, 0.15) is 24.1 Å². The van der Waals surface area contributed by atoms with E-state index in [0.717, 1.165) is 18.2 Å². The molecule has 2 aromatic rings. The van der Waals surface area contributed by atoms with Crippen molar-refractivity contribution in [2.45, 2.75) is 35.2 Å². The summed E-state index contributed by atoms with van der Waals surface area (Å²) in [5.41, 5.74) is -0.536. The van der Waals surface area contributed by atoms with E-state index in [1.165, 1.54) is 36.0 Å². The fraction of sp³-hybridized carbons (Fsp3) is 0.350. The lowest BCUT2D eigenvalue weighted by Crippen LogP contribution is -2.50. The number of rotatable bonds is 4. The summed E-state index contributed by atoms with van der Waals surface area (Å²) < 4.78 is 45.0. The monoisotopic (exact) mass is 457 g/mol. The Balaban J connectivity index is 2.01. The van der Waals surface area contributed by atoms with Crippen LogP contribution in [0.2, 0.25) is 0 Å². The van der Waals surface area contributed by atoms with Crippen molar-refractivity contribution >= 4 is 24.4 Å². The highest BCUT2D eigenvalue weighted by atomic mass is 32.2. The zero-order chi connectivity index (χ0) is 22.1. The molecule has 0 spiro atoms. The Morgan fingerprint density at radius 1 is 1.17 bits per heavy atom. The Bertz CT molecular complexity index is 933. The number of aliphatic hydroxyl groups is 3. The van der Waals surface area contributed by atoms with Crippen LogP contribution >= 0.6 is 24.4 Å². The van der Waals surface area contributed by atoms with Crippen molar-refractivity contribution in [3.63, 3.8) is 0 Å². The Labute approximate surface area is 180 Å². The largest absolute Gasteiger partial charge is 0.485 e. The zero-order valence-electron chi connectivity index (χ0n) is 15.3. The molecule has 0 amide bonds. The third-order valence-electron chi connectivity index (χ3n) is 4.70. The van der Waals surface area contributed by atoms with Crippen LogP contribution < -0.4 is 4.74 Å². The molecule has 0 aromatic heterocycles. The van der Waals surface area contributed by atoms with E-state index in [1.807, 2.05) is 6.07 Å². The summed E-state index contributed by atoms with van der Waals surface area (Å²) in [6.45, 7) is 0. The van der Waals surface area contributed by atoms with Crippen LogP contribution in [0, 0.1) is 11.3 Å². The SMILES string of the molecule is N#Cc1ccc(C(O)c2cc(C(F)(F)F)ccc2O[C@@H]2[C@@H](O)[C@H](O)CS[C@H]2S)cc1. The fourth-order valence-electron chi connectivity index (χ4n) is 3.02. The van der Waals surface area contributed by atoms with Gasteiger partial charge in [-0.25, -0.2) is 0 Å². The number of hydrogen-bond donors (Lipinski definition) is 4. The third kappa shape index (κ3) is 4.87. The van der Waals surface area contributed by atoms with Gasteiger partial charge in [-0.1, -0.05) is 12.1 Å². The van der Waals surface area contributed by atoms with Gasteiger partial charge >= 0.3 is 6.18 Å². The number of alkyl halides is 3. The zero-order valence-corrected chi connectivity index (χ0v) is 17.0. The minimum Gasteiger partial charge on any atom is -0.485 e. The predicted molar refractivity (Wildman–Crippen MR) is 108 cm³/mol. The number of thioether (sulfide) groups is 1. The molecule has 1 heterocycles. The van der Waals surface area contributed by atoms with Gasteiger partial charge in [0.2, 0.25) is 0 Å². The molecule has 160 valence electrons. The van der Waals surface area contributed by atoms with Gasteiger partial charge in [0.15, 0.2) is 0 Å². The number of thiol groups is 1. The normalized spacial score (nSPS) is 25.4. The molecule has 1 aliphatic heterocycles. The molecule has 10 heteroatoms. The van der Waals surface area contributed by atoms with E-state index in [0.29, 0.717) is 5.56 Å². The highest BCUT2D eigenvalue weighted by molar-refractivity contribution is 8.10. The van der Waals surface area contributed by atoms with Crippen LogP contribution in [-0.2, 0) is 6.18 Å². The van der Waals surface area contributed by atoms with Crippen LogP contribution in [0.1, 0.15) is 28.4 Å². The van der Waals surface area contributed by atoms with Crippen molar-refractivity contribution in [2.24, 2.45) is 0 Å². The number of ether oxygens (including phenoxy) is 1. The van der Waals surface area contributed by atoms with Gasteiger partial charge in [0.05, 0.1) is 27.9 Å². The predicted octanol–water partition coefficient (Wildman–Crippen LogP) is 3.13. The molecule has 5 atom stereocenters. The van der Waals surface area contributed by atoms with E-state index in [-0.39, 0.29) is 22.6 Å². The van der Waals surface area contributed by atoms with E-state index in [4.69, 9.17) is 10.00 Å². The van der Waals surface area contributed by atoms with Gasteiger partial charge in [-0.3, -0.25) is 0 Å². The molecular weight excluding hydrogens is 439 g/mol. The van der Waals surface area contributed by atoms with E-state index in [9.17, 15) is 28.5 Å². The van der Waals surface area contributed by atoms with Crippen molar-refractivity contribution in [3.05, 3.63) is 64.7 Å². The molecule has 30 heavy (non-hydrogen) atoms. The van der Waals surface area contributed by atoms with Crippen LogP contribution in [0.3, 0.4) is 0 Å². The van der Waals surface area contributed by atoms with Crippen molar-refractivity contribution in [2.75, 3.05) is 5.75 Å². The molecule has 1 saturated heterocycles. The van der Waals surface area contributed by atoms with Crippen molar-refractivity contribution in [1.29, 1.82) is 5.26 Å². The lowest BCUT2D eigenvalue weighted by atomic mass is 9.97. The number of benzene rings is 2. The fourth-order valence-corrected chi connectivity index (χ4v) is 4.51. The van der Waals surface area contributed by atoms with Gasteiger partial charge in [-0.15, -0.1) is 11.8 Å². The molecule has 1 fully saturated rings. The number of hydrogen-bond acceptors (Lipinski definition) is 7. The standard InChI is InChI=1S/C20H18F3NO4S2/c21-20(22,23)12-5-6-15(28-18-17(27)14(25)9-30-19(18)29)13(7-12)16(26)11-3-1-10(8-24)2-4-11/h1-7,14,16-19,25-27,29H,9H2/t14-,16?,17+,18-,19-/m1/s1. The minimum absolute atomic E-state index is 0.0716. The maximum absolute atomic E-state index is 13.3. The van der Waals surface area contributed by atoms with Crippen LogP contribution in [0.15, 0.2) is 42.5 Å². The van der Waals surface area contributed by atoms with Gasteiger partial charge < -0.3 is 20.1 Å². The van der Waals surface area contributed by atoms with Crippen LogP contribution in [0.5, 0.6) is 5.75 Å². The summed E-state index contributed by atoms with van der Waals surface area (Å²) in [6.07, 6.45) is -9.50. The van der Waals surface area contributed by atoms with Crippen molar-refractivity contribution in [1.82, 2.24) is 0 Å². The second kappa shape index (κ2) is 9.08. The first kappa shape index (κ1) is 22.8. The average Bonchev–Trinajstić information content (AvgIpc) is 2.73. The second-order valence-corrected chi connectivity index (χ2v) is 8.83. The molecule has 0 aliphatic carbocycles. The summed E-state index contributed by atoms with van der Waals surface area (Å²) in [4.78, 5) is 0. The molecule has 3 N–H and O–H groups in total. The van der Waals surface area contributed by atoms with Crippen LogP contribution in [0.4, 0.5) is 13.2 Å². The maximum Gasteiger partial charge on any atom is 0.416 e. The summed E-state index contributed by atoms with van der Waals surface area (Å²) in [5, 5.41) is 39.8. The Hall–Kier alpha value is -1.90. The highest BCUT2D eigenvalue weighted by Crippen LogP contribution is 2.39. The molecule has 3 rings (SSSR count). The van der Waals surface area contributed by atoms with E-state index >= 15 is 0 Å². The lowest BCUT2D eigenvalue weighted by molar-refractivity contribution is -0.137. The maximum atomic E-state index is 13.3. The molecule has 0 saturated carbocycles. The van der Waals surface area contributed by atoms with E-state index in [2.05, 4.69) is 12.6 Å². The molecule has 2 aromatic carbocycles. The Morgan fingerprint density at radius 3 is 2.43 bits per heavy atom. The smallest absolute Gasteiger partial charge is 0.416 e. The minimum atomic E-state index is -4.64. The highest BCUT2D eigenvalue weighted by Gasteiger charge is 2.39. The lowest BCUT2D eigenvalue weighted by Gasteiger charge is -2.36. The van der Waals surface area contributed by atoms with Crippen molar-refractivity contribution < 1.29 is 33.2 Å². The first-order valence-corrected chi connectivity index (χ1v) is 10.4. The molecular formula is C20H18F3NO4S2. The first-order chi connectivity index (χ1) is 14.1. The second-order valence-electron chi connectivity index (χ2n) is 6.75. The summed E-state index contributed by atoms with van der Waals surface area (Å²) in [7, 11) is 0. The summed E-state index contributed by atoms with van der Waals surface area (Å²) >= 11 is 5.56. The molecule has 5 nitrogen and oxygen atoms in total. The number of nitriles is 1. The quantitative estimate of drug-likeness (QED) is 0.527. The first-order valence-electron chi connectivity index (χ1n) is 8.83. The number of aliphatic hydroxyl groups excluding tert-OH is 3. The van der Waals surface area contributed by atoms with Gasteiger partial charge in [-0.05, 0) is 35.9 Å². The Kier molecular flexibility index (Phi) is 6.89. The molecule has 0 radical (unpaired) electrons. The topological polar surface area (TPSA) is 93.7 Å². The average molecular weight is 457 g/mol. The van der Waals surface area contributed by atoms with E-state index in [1.54, 1.807) is 0 Å².